The lowest BCUT2D eigenvalue weighted by Crippen LogP contribution is -2.32. The monoisotopic (exact) mass is 308 g/mol. The summed E-state index contributed by atoms with van der Waals surface area (Å²) < 4.78 is 5.29. The summed E-state index contributed by atoms with van der Waals surface area (Å²) >= 11 is 6.02. The van der Waals surface area contributed by atoms with E-state index in [1.54, 1.807) is 25.3 Å². The molecule has 2 N–H and O–H groups in total. The van der Waals surface area contributed by atoms with E-state index in [-0.39, 0.29) is 5.91 Å². The number of nitrogens with two attached hydrogens (primary N) is 1. The topological polar surface area (TPSA) is 55.6 Å². The highest BCUT2D eigenvalue weighted by Gasteiger charge is 2.39. The summed E-state index contributed by atoms with van der Waals surface area (Å²) in [6.07, 6.45) is 3.23. The van der Waals surface area contributed by atoms with Gasteiger partial charge in [0, 0.05) is 24.2 Å². The third kappa shape index (κ3) is 2.87. The van der Waals surface area contributed by atoms with Crippen molar-refractivity contribution in [3.05, 3.63) is 28.8 Å². The summed E-state index contributed by atoms with van der Waals surface area (Å²) in [6, 6.07) is 5.47. The van der Waals surface area contributed by atoms with Crippen molar-refractivity contribution in [2.45, 2.75) is 25.3 Å². The average Bonchev–Trinajstić information content (AvgIpc) is 2.89. The van der Waals surface area contributed by atoms with Crippen molar-refractivity contribution < 1.29 is 9.53 Å². The molecule has 3 rings (SSSR count). The molecule has 0 radical (unpaired) electrons. The van der Waals surface area contributed by atoms with E-state index in [1.807, 2.05) is 4.90 Å². The van der Waals surface area contributed by atoms with E-state index >= 15 is 0 Å². The summed E-state index contributed by atoms with van der Waals surface area (Å²) in [5.74, 6) is 1.73. The molecule has 1 saturated heterocycles. The second kappa shape index (κ2) is 5.85. The maximum Gasteiger partial charge on any atom is 0.257 e. The van der Waals surface area contributed by atoms with Gasteiger partial charge in [-0.25, -0.2) is 0 Å². The van der Waals surface area contributed by atoms with Gasteiger partial charge in [-0.15, -0.1) is 0 Å². The molecule has 1 amide bonds. The first-order chi connectivity index (χ1) is 10.1. The van der Waals surface area contributed by atoms with Crippen LogP contribution < -0.4 is 10.5 Å². The maximum atomic E-state index is 12.8. The molecule has 2 fully saturated rings. The molecule has 1 aliphatic heterocycles. The maximum absolute atomic E-state index is 12.8. The Kier molecular flexibility index (Phi) is 4.09. The highest BCUT2D eigenvalue weighted by atomic mass is 35.5. The number of carbonyl (C=O) groups excluding carboxylic acids is 1. The largest absolute Gasteiger partial charge is 0.496 e. The van der Waals surface area contributed by atoms with Crippen molar-refractivity contribution in [1.29, 1.82) is 0 Å². The van der Waals surface area contributed by atoms with Crippen LogP contribution in [0.4, 0.5) is 0 Å². The van der Waals surface area contributed by atoms with Crippen LogP contribution >= 0.6 is 11.6 Å². The summed E-state index contributed by atoms with van der Waals surface area (Å²) in [5, 5.41) is 0.554. The fourth-order valence-electron chi connectivity index (χ4n) is 3.65. The molecule has 21 heavy (non-hydrogen) atoms. The van der Waals surface area contributed by atoms with Crippen LogP contribution in [-0.2, 0) is 0 Å². The number of nitrogens with zero attached hydrogens (tertiary/aromatic N) is 1. The van der Waals surface area contributed by atoms with Crippen LogP contribution in [0, 0.1) is 11.8 Å². The third-order valence-corrected chi connectivity index (χ3v) is 5.00. The van der Waals surface area contributed by atoms with Gasteiger partial charge in [0.25, 0.3) is 5.91 Å². The van der Waals surface area contributed by atoms with Gasteiger partial charge in [0.15, 0.2) is 0 Å². The minimum atomic E-state index is 0.0114. The molecular weight excluding hydrogens is 288 g/mol. The van der Waals surface area contributed by atoms with E-state index in [0.29, 0.717) is 34.2 Å². The first kappa shape index (κ1) is 14.7. The highest BCUT2D eigenvalue weighted by Crippen LogP contribution is 2.37. The number of rotatable bonds is 2. The van der Waals surface area contributed by atoms with Crippen LogP contribution in [0.5, 0.6) is 5.75 Å². The van der Waals surface area contributed by atoms with Gasteiger partial charge in [-0.05, 0) is 49.3 Å². The van der Waals surface area contributed by atoms with Crippen molar-refractivity contribution in [2.75, 3.05) is 20.2 Å². The lowest BCUT2D eigenvalue weighted by molar-refractivity contribution is 0.0780. The SMILES string of the molecule is COc1ccc(Cl)cc1C(=O)N1C[C@H]2CCC(N)C[C@H]2C1. The average molecular weight is 309 g/mol. The molecule has 1 aromatic carbocycles. The van der Waals surface area contributed by atoms with Crippen molar-refractivity contribution in [3.8, 4) is 5.75 Å². The van der Waals surface area contributed by atoms with Crippen molar-refractivity contribution in [3.63, 3.8) is 0 Å². The predicted molar refractivity (Wildman–Crippen MR) is 82.7 cm³/mol. The van der Waals surface area contributed by atoms with Crippen LogP contribution in [0.2, 0.25) is 5.02 Å². The van der Waals surface area contributed by atoms with Crippen LogP contribution in [-0.4, -0.2) is 37.0 Å². The van der Waals surface area contributed by atoms with Crippen molar-refractivity contribution in [1.82, 2.24) is 4.90 Å². The fourth-order valence-corrected chi connectivity index (χ4v) is 3.82. The number of benzene rings is 1. The van der Waals surface area contributed by atoms with Crippen molar-refractivity contribution in [2.24, 2.45) is 17.6 Å². The Labute approximate surface area is 130 Å². The zero-order chi connectivity index (χ0) is 15.0. The number of hydrogen-bond acceptors (Lipinski definition) is 3. The molecule has 1 heterocycles. The first-order valence-electron chi connectivity index (χ1n) is 7.47. The van der Waals surface area contributed by atoms with Gasteiger partial charge in [-0.2, -0.15) is 0 Å². The smallest absolute Gasteiger partial charge is 0.257 e. The van der Waals surface area contributed by atoms with Crippen molar-refractivity contribution >= 4 is 17.5 Å². The summed E-state index contributed by atoms with van der Waals surface area (Å²) in [6.45, 7) is 1.62. The molecule has 0 aromatic heterocycles. The molecule has 0 spiro atoms. The fraction of sp³-hybridized carbons (Fsp3) is 0.562. The summed E-state index contributed by atoms with van der Waals surface area (Å²) in [7, 11) is 1.57. The number of ether oxygens (including phenoxy) is 1. The lowest BCUT2D eigenvalue weighted by Gasteiger charge is -2.27. The Morgan fingerprint density at radius 2 is 2.10 bits per heavy atom. The molecule has 3 atom stereocenters. The zero-order valence-corrected chi connectivity index (χ0v) is 13.0. The van der Waals surface area contributed by atoms with E-state index < -0.39 is 0 Å². The zero-order valence-electron chi connectivity index (χ0n) is 12.2. The van der Waals surface area contributed by atoms with Crippen LogP contribution in [0.25, 0.3) is 0 Å². The van der Waals surface area contributed by atoms with Crippen LogP contribution in [0.15, 0.2) is 18.2 Å². The number of fused-ring (bicyclic) bond motifs is 1. The molecule has 114 valence electrons. The van der Waals surface area contributed by atoms with Gasteiger partial charge in [0.2, 0.25) is 0 Å². The molecule has 0 bridgehead atoms. The predicted octanol–water partition coefficient (Wildman–Crippen LogP) is 2.55. The standard InChI is InChI=1S/C16H21ClN2O2/c1-21-15-5-3-12(17)7-14(15)16(20)19-8-10-2-4-13(18)6-11(10)9-19/h3,5,7,10-11,13H,2,4,6,8-9,18H2,1H3/t10-,11+,13?/m1/s1. The van der Waals surface area contributed by atoms with E-state index in [9.17, 15) is 4.79 Å². The molecule has 1 unspecified atom stereocenters. The normalized spacial score (nSPS) is 28.3. The van der Waals surface area contributed by atoms with E-state index in [1.165, 1.54) is 0 Å². The van der Waals surface area contributed by atoms with Crippen LogP contribution in [0.1, 0.15) is 29.6 Å². The Hall–Kier alpha value is -1.26. The minimum absolute atomic E-state index is 0.0114. The molecule has 4 nitrogen and oxygen atoms in total. The highest BCUT2D eigenvalue weighted by molar-refractivity contribution is 6.31. The molecule has 1 saturated carbocycles. The molecule has 2 aliphatic rings. The van der Waals surface area contributed by atoms with Crippen LogP contribution in [0.3, 0.4) is 0 Å². The molecular formula is C16H21ClN2O2. The molecule has 1 aliphatic carbocycles. The number of hydrogen-bond donors (Lipinski definition) is 1. The van der Waals surface area contributed by atoms with Gasteiger partial charge in [-0.3, -0.25) is 4.79 Å². The first-order valence-corrected chi connectivity index (χ1v) is 7.84. The van der Waals surface area contributed by atoms with Gasteiger partial charge in [0.1, 0.15) is 5.75 Å². The Morgan fingerprint density at radius 3 is 2.86 bits per heavy atom. The number of methoxy groups -OCH3 is 1. The Balaban J connectivity index is 1.79. The number of amides is 1. The number of carbonyl (C=O) groups is 1. The lowest BCUT2D eigenvalue weighted by atomic mass is 9.79. The van der Waals surface area contributed by atoms with E-state index in [2.05, 4.69) is 0 Å². The molecule has 5 heteroatoms. The summed E-state index contributed by atoms with van der Waals surface area (Å²) in [5.41, 5.74) is 6.60. The summed E-state index contributed by atoms with van der Waals surface area (Å²) in [4.78, 5) is 14.7. The Morgan fingerprint density at radius 1 is 1.33 bits per heavy atom. The quantitative estimate of drug-likeness (QED) is 0.913. The molecule has 1 aromatic rings. The Bertz CT molecular complexity index is 549. The number of likely N-dealkylation sites (tertiary alicyclic amines) is 1. The van der Waals surface area contributed by atoms with Gasteiger partial charge in [-0.1, -0.05) is 11.6 Å². The van der Waals surface area contributed by atoms with Gasteiger partial charge >= 0.3 is 0 Å². The third-order valence-electron chi connectivity index (χ3n) is 4.77. The van der Waals surface area contributed by atoms with Gasteiger partial charge in [0.05, 0.1) is 12.7 Å². The van der Waals surface area contributed by atoms with Gasteiger partial charge < -0.3 is 15.4 Å². The van der Waals surface area contributed by atoms with E-state index in [4.69, 9.17) is 22.1 Å². The second-order valence-electron chi connectivity index (χ2n) is 6.15. The van der Waals surface area contributed by atoms with E-state index in [0.717, 1.165) is 32.4 Å². The minimum Gasteiger partial charge on any atom is -0.496 e. The number of halogens is 1. The second-order valence-corrected chi connectivity index (χ2v) is 6.58.